The summed E-state index contributed by atoms with van der Waals surface area (Å²) >= 11 is 0. The van der Waals surface area contributed by atoms with Gasteiger partial charge in [-0.3, -0.25) is 10.1 Å². The summed E-state index contributed by atoms with van der Waals surface area (Å²) in [5.74, 6) is 9.38. The van der Waals surface area contributed by atoms with Gasteiger partial charge in [0.2, 0.25) is 5.78 Å². The zero-order valence-electron chi connectivity index (χ0n) is 20.3. The number of nitrogens with one attached hydrogen (secondary N) is 2. The van der Waals surface area contributed by atoms with E-state index in [0.29, 0.717) is 0 Å². The van der Waals surface area contributed by atoms with Crippen LogP contribution in [0, 0.1) is 23.7 Å². The zero-order valence-corrected chi connectivity index (χ0v) is 22.7. The minimum atomic E-state index is -2.44. The number of allylic oxidation sites excluding steroid dienone is 2. The largest absolute Gasteiger partial charge is 0.453 e. The number of aliphatic hydroxyl groups is 4. The molecule has 38 heavy (non-hydrogen) atoms. The highest BCUT2D eigenvalue weighted by molar-refractivity contribution is 9.09. The second-order valence-corrected chi connectivity index (χ2v) is 12.2. The second-order valence-electron chi connectivity index (χ2n) is 8.05. The molecular weight excluding hydrogens is 560 g/mol. The van der Waals surface area contributed by atoms with Gasteiger partial charge in [0.05, 0.1) is 25.0 Å². The van der Waals surface area contributed by atoms with Gasteiger partial charge in [-0.05, 0) is 40.6 Å². The molecular formula is C23H26N2O10S3. The Hall–Kier alpha value is -1.99. The van der Waals surface area contributed by atoms with Crippen molar-refractivity contribution in [2.24, 2.45) is 0 Å². The summed E-state index contributed by atoms with van der Waals surface area (Å²) in [6.45, 7) is 1.51. The summed E-state index contributed by atoms with van der Waals surface area (Å²) in [7, 11) is 4.89. The van der Waals surface area contributed by atoms with Gasteiger partial charge in [0.15, 0.2) is 18.0 Å². The molecule has 206 valence electrons. The van der Waals surface area contributed by atoms with Crippen LogP contribution in [0.3, 0.4) is 0 Å². The lowest BCUT2D eigenvalue weighted by Crippen LogP contribution is -2.62. The van der Waals surface area contributed by atoms with Crippen LogP contribution in [-0.2, 0) is 19.0 Å². The van der Waals surface area contributed by atoms with Crippen LogP contribution in [0.1, 0.15) is 6.92 Å². The van der Waals surface area contributed by atoms with E-state index in [1.54, 1.807) is 0 Å². The fourth-order valence-electron chi connectivity index (χ4n) is 3.89. The predicted octanol–water partition coefficient (Wildman–Crippen LogP) is -0.410. The van der Waals surface area contributed by atoms with Crippen molar-refractivity contribution >= 4 is 43.3 Å². The first-order valence-corrected chi connectivity index (χ1v) is 14.9. The van der Waals surface area contributed by atoms with Crippen LogP contribution in [0.2, 0.25) is 0 Å². The number of rotatable bonds is 7. The Kier molecular flexibility index (Phi) is 10.8. The summed E-state index contributed by atoms with van der Waals surface area (Å²) in [5.41, 5.74) is -1.30. The van der Waals surface area contributed by atoms with E-state index < -0.39 is 66.0 Å². The summed E-state index contributed by atoms with van der Waals surface area (Å²) in [4.78, 5) is 25.5. The van der Waals surface area contributed by atoms with Crippen LogP contribution in [0.15, 0.2) is 34.4 Å². The molecule has 3 aliphatic rings. The molecule has 15 heteroatoms. The third-order valence-corrected chi connectivity index (χ3v) is 9.22. The van der Waals surface area contributed by atoms with Gasteiger partial charge in [-0.15, -0.1) is 0 Å². The SMILES string of the molecule is COC(=O)NC1=C2C(=CSSSC)[C@@](O)(C#C/C=C\C#C[C@@H]2O[C@@H]2O[C@H](C)[C@@H](NO)[C@H](O)[C@H]2O)[C@@H](O)C1=O. The summed E-state index contributed by atoms with van der Waals surface area (Å²) in [6.07, 6.45) is -5.77. The summed E-state index contributed by atoms with van der Waals surface area (Å²) in [5, 5.41) is 56.5. The standard InChI is InChI=1S/C23H26N2O10S3/c1-11-15(25-32)17(26)19(28)21(34-11)35-13-8-6-4-5-7-9-23(31)12(10-37-38-36-3)14(13)16(18(27)20(23)29)24-22(30)33-2/h4-5,10-11,13,15,17,19-21,25-26,28-29,31-32H,1-3H3,(H,24,30)/b5-4-,12-10?/t11-,13+,15-,17+,19-,20+,21+,23+/m1/s1. The first kappa shape index (κ1) is 30.6. The molecule has 1 amide bonds. The number of alkyl carbamates (subject to hydrolysis) is 1. The fraction of sp³-hybridized carbons (Fsp3) is 0.478. The average Bonchev–Trinajstić information content (AvgIpc) is 2.89. The maximum absolute atomic E-state index is 13.3. The topological polar surface area (TPSA) is 187 Å². The van der Waals surface area contributed by atoms with Crippen LogP contribution in [0.5, 0.6) is 0 Å². The molecule has 0 saturated carbocycles. The van der Waals surface area contributed by atoms with Gasteiger partial charge < -0.3 is 39.8 Å². The molecule has 2 bridgehead atoms. The van der Waals surface area contributed by atoms with E-state index in [2.05, 4.69) is 33.7 Å². The minimum Gasteiger partial charge on any atom is -0.453 e. The Morgan fingerprint density at radius 1 is 1.24 bits per heavy atom. The Morgan fingerprint density at radius 3 is 2.61 bits per heavy atom. The highest BCUT2D eigenvalue weighted by Gasteiger charge is 2.53. The van der Waals surface area contributed by atoms with Crippen molar-refractivity contribution in [2.45, 2.75) is 55.4 Å². The van der Waals surface area contributed by atoms with Crippen molar-refractivity contribution in [2.75, 3.05) is 13.4 Å². The van der Waals surface area contributed by atoms with Crippen LogP contribution in [-0.4, -0.2) is 99.3 Å². The van der Waals surface area contributed by atoms with E-state index in [0.717, 1.165) is 17.9 Å². The van der Waals surface area contributed by atoms with E-state index in [1.165, 1.54) is 45.1 Å². The van der Waals surface area contributed by atoms with Crippen molar-refractivity contribution in [3.05, 3.63) is 34.4 Å². The molecule has 1 heterocycles. The van der Waals surface area contributed by atoms with Gasteiger partial charge in [-0.25, -0.2) is 4.79 Å². The number of carbonyl (C=O) groups is 2. The number of amides is 1. The number of ether oxygens (including phenoxy) is 3. The lowest BCUT2D eigenvalue weighted by molar-refractivity contribution is -0.283. The molecule has 3 rings (SSSR count). The summed E-state index contributed by atoms with van der Waals surface area (Å²) in [6, 6.07) is -1.04. The highest BCUT2D eigenvalue weighted by Crippen LogP contribution is 2.43. The second kappa shape index (κ2) is 13.4. The molecule has 7 N–H and O–H groups in total. The van der Waals surface area contributed by atoms with E-state index >= 15 is 0 Å². The monoisotopic (exact) mass is 586 g/mol. The number of aliphatic hydroxyl groups excluding tert-OH is 3. The molecule has 0 unspecified atom stereocenters. The molecule has 0 aromatic carbocycles. The number of Topliss-reactive ketones (excluding diaryl/α,β-unsaturated/α-hetero) is 1. The number of ketones is 1. The van der Waals surface area contributed by atoms with Gasteiger partial charge in [0, 0.05) is 11.1 Å². The third kappa shape index (κ3) is 6.25. The number of carbonyl (C=O) groups excluding carboxylic acids is 2. The van der Waals surface area contributed by atoms with E-state index in [4.69, 9.17) is 9.47 Å². The molecule has 0 radical (unpaired) electrons. The van der Waals surface area contributed by atoms with Crippen LogP contribution >= 0.6 is 31.4 Å². The molecule has 0 spiro atoms. The van der Waals surface area contributed by atoms with Gasteiger partial charge >= 0.3 is 6.09 Å². The van der Waals surface area contributed by atoms with Gasteiger partial charge in [0.1, 0.15) is 18.3 Å². The first-order chi connectivity index (χ1) is 18.1. The molecule has 8 atom stereocenters. The molecule has 0 aromatic heterocycles. The Bertz CT molecular complexity index is 1150. The molecule has 1 aliphatic heterocycles. The van der Waals surface area contributed by atoms with Crippen molar-refractivity contribution in [3.63, 3.8) is 0 Å². The predicted molar refractivity (Wildman–Crippen MR) is 140 cm³/mol. The number of hydrogen-bond acceptors (Lipinski definition) is 14. The number of methoxy groups -OCH3 is 1. The fourth-order valence-corrected chi connectivity index (χ4v) is 6.11. The highest BCUT2D eigenvalue weighted by atomic mass is 33.5. The number of fused-ring (bicyclic) bond motifs is 2. The zero-order chi connectivity index (χ0) is 28.0. The van der Waals surface area contributed by atoms with E-state index in [9.17, 15) is 35.2 Å². The third-order valence-electron chi connectivity index (χ3n) is 5.81. The average molecular weight is 587 g/mol. The van der Waals surface area contributed by atoms with Crippen LogP contribution < -0.4 is 10.8 Å². The Morgan fingerprint density at radius 2 is 1.95 bits per heavy atom. The minimum absolute atomic E-state index is 0.0987. The smallest absolute Gasteiger partial charge is 0.411 e. The lowest BCUT2D eigenvalue weighted by Gasteiger charge is -2.43. The first-order valence-electron chi connectivity index (χ1n) is 11.0. The van der Waals surface area contributed by atoms with Gasteiger partial charge in [0.25, 0.3) is 0 Å². The molecule has 1 saturated heterocycles. The molecule has 1 fully saturated rings. The lowest BCUT2D eigenvalue weighted by atomic mass is 9.74. The maximum Gasteiger partial charge on any atom is 0.411 e. The maximum atomic E-state index is 13.3. The Labute approximate surface area is 230 Å². The van der Waals surface area contributed by atoms with Gasteiger partial charge in [-0.2, -0.15) is 5.48 Å². The normalized spacial score (nSPS) is 36.5. The van der Waals surface area contributed by atoms with Gasteiger partial charge in [-0.1, -0.05) is 45.3 Å². The van der Waals surface area contributed by atoms with Crippen LogP contribution in [0.4, 0.5) is 4.79 Å². The van der Waals surface area contributed by atoms with E-state index in [-0.39, 0.29) is 11.1 Å². The van der Waals surface area contributed by atoms with Crippen molar-refractivity contribution in [3.8, 4) is 23.7 Å². The number of hydroxylamine groups is 1. The molecule has 2 aliphatic carbocycles. The van der Waals surface area contributed by atoms with Crippen molar-refractivity contribution < 1.29 is 49.4 Å². The van der Waals surface area contributed by atoms with Crippen LogP contribution in [0.25, 0.3) is 0 Å². The quantitative estimate of drug-likeness (QED) is 0.0883. The summed E-state index contributed by atoms with van der Waals surface area (Å²) < 4.78 is 16.2. The van der Waals surface area contributed by atoms with E-state index in [1.807, 2.05) is 11.7 Å². The molecule has 0 aromatic rings. The number of hydrogen-bond donors (Lipinski definition) is 7. The molecule has 12 nitrogen and oxygen atoms in total. The van der Waals surface area contributed by atoms with Crippen molar-refractivity contribution in [1.29, 1.82) is 0 Å². The Balaban J connectivity index is 2.22. The van der Waals surface area contributed by atoms with Crippen molar-refractivity contribution in [1.82, 2.24) is 10.8 Å².